The number of carbonyl (C=O) groups is 2. The van der Waals surface area contributed by atoms with Crippen LogP contribution in [0.5, 0.6) is 0 Å². The molecule has 0 atom stereocenters. The molecular weight excluding hydrogens is 296 g/mol. The quantitative estimate of drug-likeness (QED) is 0.815. The number of piperidine rings is 1. The van der Waals surface area contributed by atoms with E-state index in [1.54, 1.807) is 4.90 Å². The topological polar surface area (TPSA) is 87.3 Å². The lowest BCUT2D eigenvalue weighted by Gasteiger charge is -2.31. The number of likely N-dealkylation sites (tertiary alicyclic amines) is 1. The summed E-state index contributed by atoms with van der Waals surface area (Å²) >= 11 is 0. The fraction of sp³-hybridized carbons (Fsp3) is 0.688. The van der Waals surface area contributed by atoms with Crippen molar-refractivity contribution in [2.75, 3.05) is 26.3 Å². The van der Waals surface area contributed by atoms with Gasteiger partial charge in [-0.25, -0.2) is 0 Å². The Kier molecular flexibility index (Phi) is 6.15. The molecule has 1 aromatic rings. The van der Waals surface area contributed by atoms with Crippen molar-refractivity contribution in [3.05, 3.63) is 17.0 Å². The molecule has 128 valence electrons. The van der Waals surface area contributed by atoms with Gasteiger partial charge in [0.25, 0.3) is 0 Å². The van der Waals surface area contributed by atoms with Crippen molar-refractivity contribution in [3.63, 3.8) is 0 Å². The molecule has 1 fully saturated rings. The van der Waals surface area contributed by atoms with E-state index in [2.05, 4.69) is 15.5 Å². The average Bonchev–Trinajstić information content (AvgIpc) is 2.89. The van der Waals surface area contributed by atoms with Crippen LogP contribution in [0.1, 0.15) is 36.7 Å². The van der Waals surface area contributed by atoms with Crippen LogP contribution in [0.3, 0.4) is 0 Å². The molecule has 2 rings (SSSR count). The maximum atomic E-state index is 12.3. The number of carbonyl (C=O) groups excluding carboxylic acids is 2. The zero-order chi connectivity index (χ0) is 16.8. The first kappa shape index (κ1) is 17.5. The maximum Gasteiger partial charge on any atom is 0.248 e. The number of hydrogen-bond acceptors (Lipinski definition) is 4. The zero-order valence-electron chi connectivity index (χ0n) is 14.1. The second kappa shape index (κ2) is 8.10. The van der Waals surface area contributed by atoms with Gasteiger partial charge in [-0.3, -0.25) is 14.7 Å². The average molecular weight is 322 g/mol. The van der Waals surface area contributed by atoms with Crippen molar-refractivity contribution >= 4 is 11.8 Å². The number of ether oxygens (including phenoxy) is 1. The van der Waals surface area contributed by atoms with Crippen LogP contribution in [0.4, 0.5) is 0 Å². The molecule has 7 nitrogen and oxygen atoms in total. The van der Waals surface area contributed by atoms with E-state index in [1.165, 1.54) is 0 Å². The van der Waals surface area contributed by atoms with Gasteiger partial charge in [0.1, 0.15) is 6.61 Å². The van der Waals surface area contributed by atoms with Gasteiger partial charge in [-0.05, 0) is 33.6 Å². The first-order chi connectivity index (χ1) is 11.0. The predicted octanol–water partition coefficient (Wildman–Crippen LogP) is 0.918. The largest absolute Gasteiger partial charge is 0.372 e. The van der Waals surface area contributed by atoms with Crippen LogP contribution < -0.4 is 5.32 Å². The van der Waals surface area contributed by atoms with E-state index >= 15 is 0 Å². The second-order valence-electron chi connectivity index (χ2n) is 5.92. The van der Waals surface area contributed by atoms with Gasteiger partial charge in [0.05, 0.1) is 5.69 Å². The Morgan fingerprint density at radius 1 is 1.35 bits per heavy atom. The highest BCUT2D eigenvalue weighted by Crippen LogP contribution is 2.18. The van der Waals surface area contributed by atoms with Crippen molar-refractivity contribution in [3.8, 4) is 0 Å². The van der Waals surface area contributed by atoms with Crippen LogP contribution in [0, 0.1) is 19.8 Å². The lowest BCUT2D eigenvalue weighted by Crippen LogP contribution is -2.44. The van der Waals surface area contributed by atoms with Gasteiger partial charge in [-0.15, -0.1) is 0 Å². The first-order valence-electron chi connectivity index (χ1n) is 8.16. The Morgan fingerprint density at radius 3 is 2.61 bits per heavy atom. The summed E-state index contributed by atoms with van der Waals surface area (Å²) in [5.74, 6) is 0.0379. The standard InChI is InChI=1S/C16H26N4O3/c1-4-23-10-15(21)20-7-5-13(6-8-20)16(22)17-9-14-11(2)18-19-12(14)3/h13H,4-10H2,1-3H3,(H,17,22)(H,18,19). The number of aryl methyl sites for hydroxylation is 2. The molecule has 1 aliphatic rings. The molecule has 2 amide bonds. The van der Waals surface area contributed by atoms with Crippen molar-refractivity contribution in [2.45, 2.75) is 40.2 Å². The molecule has 7 heteroatoms. The summed E-state index contributed by atoms with van der Waals surface area (Å²) in [6, 6.07) is 0. The van der Waals surface area contributed by atoms with Gasteiger partial charge < -0.3 is 15.0 Å². The molecule has 2 heterocycles. The number of hydrogen-bond donors (Lipinski definition) is 2. The Labute approximate surface area is 136 Å². The highest BCUT2D eigenvalue weighted by Gasteiger charge is 2.27. The van der Waals surface area contributed by atoms with Crippen LogP contribution in [0.25, 0.3) is 0 Å². The third-order valence-corrected chi connectivity index (χ3v) is 4.37. The molecule has 23 heavy (non-hydrogen) atoms. The predicted molar refractivity (Wildman–Crippen MR) is 85.7 cm³/mol. The van der Waals surface area contributed by atoms with Crippen LogP contribution >= 0.6 is 0 Å². The number of H-pyrrole nitrogens is 1. The number of aromatic nitrogens is 2. The SMILES string of the molecule is CCOCC(=O)N1CCC(C(=O)NCc2c(C)n[nH]c2C)CC1. The summed E-state index contributed by atoms with van der Waals surface area (Å²) in [5.41, 5.74) is 2.95. The summed E-state index contributed by atoms with van der Waals surface area (Å²) < 4.78 is 5.15. The smallest absolute Gasteiger partial charge is 0.248 e. The summed E-state index contributed by atoms with van der Waals surface area (Å²) in [6.45, 7) is 8.15. The van der Waals surface area contributed by atoms with E-state index in [1.807, 2.05) is 20.8 Å². The number of nitrogens with one attached hydrogen (secondary N) is 2. The Morgan fingerprint density at radius 2 is 2.04 bits per heavy atom. The van der Waals surface area contributed by atoms with Gasteiger partial charge in [0.2, 0.25) is 11.8 Å². The highest BCUT2D eigenvalue weighted by atomic mass is 16.5. The van der Waals surface area contributed by atoms with E-state index in [0.717, 1.165) is 17.0 Å². The number of rotatable bonds is 6. The fourth-order valence-electron chi connectivity index (χ4n) is 2.83. The number of nitrogens with zero attached hydrogens (tertiary/aromatic N) is 2. The summed E-state index contributed by atoms with van der Waals surface area (Å²) in [4.78, 5) is 26.0. The third kappa shape index (κ3) is 4.54. The molecule has 0 saturated carbocycles. The van der Waals surface area contributed by atoms with E-state index in [0.29, 0.717) is 39.1 Å². The maximum absolute atomic E-state index is 12.3. The van der Waals surface area contributed by atoms with Crippen molar-refractivity contribution in [1.82, 2.24) is 20.4 Å². The molecule has 0 radical (unpaired) electrons. The molecule has 1 saturated heterocycles. The lowest BCUT2D eigenvalue weighted by atomic mass is 9.95. The zero-order valence-corrected chi connectivity index (χ0v) is 14.1. The normalized spacial score (nSPS) is 15.7. The van der Waals surface area contributed by atoms with E-state index in [4.69, 9.17) is 4.74 Å². The van der Waals surface area contributed by atoms with Gasteiger partial charge in [-0.2, -0.15) is 5.10 Å². The summed E-state index contributed by atoms with van der Waals surface area (Å²) in [5, 5.41) is 10.0. The van der Waals surface area contributed by atoms with E-state index < -0.39 is 0 Å². The molecular formula is C16H26N4O3. The van der Waals surface area contributed by atoms with Gasteiger partial charge >= 0.3 is 0 Å². The summed E-state index contributed by atoms with van der Waals surface area (Å²) in [7, 11) is 0. The molecule has 0 spiro atoms. The Bertz CT molecular complexity index is 528. The highest BCUT2D eigenvalue weighted by molar-refractivity contribution is 5.80. The third-order valence-electron chi connectivity index (χ3n) is 4.37. The van der Waals surface area contributed by atoms with Crippen molar-refractivity contribution < 1.29 is 14.3 Å². The number of aromatic amines is 1. The molecule has 0 aromatic carbocycles. The van der Waals surface area contributed by atoms with E-state index in [9.17, 15) is 9.59 Å². The minimum Gasteiger partial charge on any atom is -0.372 e. The van der Waals surface area contributed by atoms with Crippen molar-refractivity contribution in [2.24, 2.45) is 5.92 Å². The first-order valence-corrected chi connectivity index (χ1v) is 8.16. The van der Waals surface area contributed by atoms with Crippen LogP contribution in [-0.4, -0.2) is 53.2 Å². The minimum absolute atomic E-state index is 0.00959. The molecule has 0 unspecified atom stereocenters. The Hall–Kier alpha value is -1.89. The fourth-order valence-corrected chi connectivity index (χ4v) is 2.83. The number of amides is 2. The van der Waals surface area contributed by atoms with Crippen molar-refractivity contribution in [1.29, 1.82) is 0 Å². The molecule has 1 aliphatic heterocycles. The molecule has 0 aliphatic carbocycles. The van der Waals surface area contributed by atoms with E-state index in [-0.39, 0.29) is 24.3 Å². The van der Waals surface area contributed by atoms with Crippen LogP contribution in [-0.2, 0) is 20.9 Å². The molecule has 2 N–H and O–H groups in total. The van der Waals surface area contributed by atoms with Gasteiger partial charge in [0.15, 0.2) is 0 Å². The van der Waals surface area contributed by atoms with Gasteiger partial charge in [-0.1, -0.05) is 0 Å². The van der Waals surface area contributed by atoms with Crippen LogP contribution in [0.15, 0.2) is 0 Å². The monoisotopic (exact) mass is 322 g/mol. The molecule has 1 aromatic heterocycles. The molecule has 0 bridgehead atoms. The second-order valence-corrected chi connectivity index (χ2v) is 5.92. The Balaban J connectivity index is 1.76. The van der Waals surface area contributed by atoms with Gasteiger partial charge in [0, 0.05) is 43.4 Å². The van der Waals surface area contributed by atoms with Crippen LogP contribution in [0.2, 0.25) is 0 Å². The summed E-state index contributed by atoms with van der Waals surface area (Å²) in [6.07, 6.45) is 1.40. The lowest BCUT2D eigenvalue weighted by molar-refractivity contribution is -0.139. The minimum atomic E-state index is -0.0290.